The van der Waals surface area contributed by atoms with Crippen molar-refractivity contribution >= 4 is 11.9 Å². The van der Waals surface area contributed by atoms with Crippen molar-refractivity contribution in [3.05, 3.63) is 58.8 Å². The third-order valence-electron chi connectivity index (χ3n) is 3.22. The van der Waals surface area contributed by atoms with Crippen molar-refractivity contribution in [3.8, 4) is 0 Å². The van der Waals surface area contributed by atoms with Gasteiger partial charge in [0.1, 0.15) is 22.9 Å². The highest BCUT2D eigenvalue weighted by molar-refractivity contribution is 5.94. The number of carbonyl (C=O) groups is 2. The van der Waals surface area contributed by atoms with Gasteiger partial charge in [-0.3, -0.25) is 4.79 Å². The van der Waals surface area contributed by atoms with E-state index < -0.39 is 17.7 Å². The second-order valence-corrected chi connectivity index (χ2v) is 4.82. The molecule has 0 N–H and O–H groups in total. The average molecular weight is 305 g/mol. The van der Waals surface area contributed by atoms with Crippen LogP contribution in [0.1, 0.15) is 32.2 Å². The Bertz CT molecular complexity index is 708. The molecular formula is C16H16FNO4. The minimum Gasteiger partial charge on any atom is -0.465 e. The van der Waals surface area contributed by atoms with Gasteiger partial charge in [0.15, 0.2) is 0 Å². The van der Waals surface area contributed by atoms with E-state index in [0.717, 1.165) is 0 Å². The van der Waals surface area contributed by atoms with Gasteiger partial charge in [-0.25, -0.2) is 9.18 Å². The smallest absolute Gasteiger partial charge is 0.341 e. The first-order chi connectivity index (χ1) is 10.4. The number of halogens is 1. The molecule has 1 aromatic carbocycles. The lowest BCUT2D eigenvalue weighted by Crippen LogP contribution is -2.26. The predicted octanol–water partition coefficient (Wildman–Crippen LogP) is 2.79. The van der Waals surface area contributed by atoms with Gasteiger partial charge < -0.3 is 14.1 Å². The first kappa shape index (κ1) is 15.8. The summed E-state index contributed by atoms with van der Waals surface area (Å²) in [5, 5.41) is 0. The van der Waals surface area contributed by atoms with Crippen molar-refractivity contribution < 1.29 is 23.1 Å². The Kier molecular flexibility index (Phi) is 4.60. The van der Waals surface area contributed by atoms with E-state index in [9.17, 15) is 14.0 Å². The highest BCUT2D eigenvalue weighted by Gasteiger charge is 2.20. The van der Waals surface area contributed by atoms with Crippen molar-refractivity contribution in [1.82, 2.24) is 4.90 Å². The Morgan fingerprint density at radius 1 is 1.27 bits per heavy atom. The largest absolute Gasteiger partial charge is 0.465 e. The summed E-state index contributed by atoms with van der Waals surface area (Å²) in [4.78, 5) is 25.0. The Balaban J connectivity index is 2.15. The van der Waals surface area contributed by atoms with E-state index in [2.05, 4.69) is 4.74 Å². The fourth-order valence-corrected chi connectivity index (χ4v) is 2.08. The van der Waals surface area contributed by atoms with Crippen LogP contribution >= 0.6 is 0 Å². The molecule has 0 saturated carbocycles. The number of hydrogen-bond donors (Lipinski definition) is 0. The lowest BCUT2D eigenvalue weighted by Gasteiger charge is -2.16. The van der Waals surface area contributed by atoms with Crippen LogP contribution in [0.15, 0.2) is 34.7 Å². The molecule has 0 unspecified atom stereocenters. The zero-order valence-electron chi connectivity index (χ0n) is 12.6. The SMILES string of the molecule is COC(=O)c1cc(CN(C)C(=O)c2ccccc2F)oc1C. The lowest BCUT2D eigenvalue weighted by molar-refractivity contribution is 0.0598. The van der Waals surface area contributed by atoms with E-state index in [1.165, 1.54) is 43.3 Å². The van der Waals surface area contributed by atoms with Gasteiger partial charge in [0.2, 0.25) is 0 Å². The summed E-state index contributed by atoms with van der Waals surface area (Å²) in [7, 11) is 2.81. The maximum atomic E-state index is 13.6. The van der Waals surface area contributed by atoms with Gasteiger partial charge in [-0.05, 0) is 25.1 Å². The van der Waals surface area contributed by atoms with Gasteiger partial charge in [-0.1, -0.05) is 12.1 Å². The van der Waals surface area contributed by atoms with E-state index in [1.807, 2.05) is 0 Å². The first-order valence-corrected chi connectivity index (χ1v) is 6.61. The zero-order chi connectivity index (χ0) is 16.3. The van der Waals surface area contributed by atoms with Gasteiger partial charge in [0.05, 0.1) is 19.2 Å². The molecule has 0 aliphatic rings. The molecule has 0 spiro atoms. The van der Waals surface area contributed by atoms with Crippen LogP contribution in [0, 0.1) is 12.7 Å². The van der Waals surface area contributed by atoms with Gasteiger partial charge in [0.25, 0.3) is 5.91 Å². The van der Waals surface area contributed by atoms with Crippen molar-refractivity contribution in [2.45, 2.75) is 13.5 Å². The van der Waals surface area contributed by atoms with Crippen LogP contribution in [-0.2, 0) is 11.3 Å². The molecule has 116 valence electrons. The molecular weight excluding hydrogens is 289 g/mol. The lowest BCUT2D eigenvalue weighted by atomic mass is 10.2. The van der Waals surface area contributed by atoms with Crippen LogP contribution in [-0.4, -0.2) is 30.9 Å². The number of carbonyl (C=O) groups excluding carboxylic acids is 2. The van der Waals surface area contributed by atoms with E-state index in [-0.39, 0.29) is 12.1 Å². The molecule has 0 aliphatic heterocycles. The standard InChI is InChI=1S/C16H16FNO4/c1-10-13(16(20)21-3)8-11(22-10)9-18(2)15(19)12-6-4-5-7-14(12)17/h4-8H,9H2,1-3H3. The van der Waals surface area contributed by atoms with Gasteiger partial charge in [-0.15, -0.1) is 0 Å². The number of nitrogens with zero attached hydrogens (tertiary/aromatic N) is 1. The minimum absolute atomic E-state index is 0.0125. The molecule has 0 fully saturated rings. The molecule has 0 radical (unpaired) electrons. The zero-order valence-corrected chi connectivity index (χ0v) is 12.6. The van der Waals surface area contributed by atoms with E-state index in [1.54, 1.807) is 13.0 Å². The Labute approximate surface area is 127 Å². The normalized spacial score (nSPS) is 10.4. The Morgan fingerprint density at radius 3 is 2.59 bits per heavy atom. The van der Waals surface area contributed by atoms with Gasteiger partial charge >= 0.3 is 5.97 Å². The second kappa shape index (κ2) is 6.43. The van der Waals surface area contributed by atoms with E-state index in [4.69, 9.17) is 4.42 Å². The second-order valence-electron chi connectivity index (χ2n) is 4.82. The third-order valence-corrected chi connectivity index (χ3v) is 3.22. The molecule has 2 aromatic rings. The van der Waals surface area contributed by atoms with Gasteiger partial charge in [0, 0.05) is 7.05 Å². The predicted molar refractivity (Wildman–Crippen MR) is 77.0 cm³/mol. The van der Waals surface area contributed by atoms with Crippen molar-refractivity contribution in [3.63, 3.8) is 0 Å². The van der Waals surface area contributed by atoms with Crippen molar-refractivity contribution in [1.29, 1.82) is 0 Å². The fourth-order valence-electron chi connectivity index (χ4n) is 2.08. The van der Waals surface area contributed by atoms with E-state index in [0.29, 0.717) is 17.1 Å². The number of aryl methyl sites for hydroxylation is 1. The highest BCUT2D eigenvalue weighted by atomic mass is 19.1. The van der Waals surface area contributed by atoms with Crippen molar-refractivity contribution in [2.24, 2.45) is 0 Å². The number of furan rings is 1. The molecule has 6 heteroatoms. The molecule has 1 heterocycles. The number of esters is 1. The van der Waals surface area contributed by atoms with Crippen LogP contribution in [0.5, 0.6) is 0 Å². The van der Waals surface area contributed by atoms with Gasteiger partial charge in [-0.2, -0.15) is 0 Å². The molecule has 2 rings (SSSR count). The highest BCUT2D eigenvalue weighted by Crippen LogP contribution is 2.18. The summed E-state index contributed by atoms with van der Waals surface area (Å²) >= 11 is 0. The first-order valence-electron chi connectivity index (χ1n) is 6.61. The number of ether oxygens (including phenoxy) is 1. The molecule has 22 heavy (non-hydrogen) atoms. The molecule has 0 atom stereocenters. The average Bonchev–Trinajstić information content (AvgIpc) is 2.86. The minimum atomic E-state index is -0.578. The summed E-state index contributed by atoms with van der Waals surface area (Å²) in [6, 6.07) is 7.28. The summed E-state index contributed by atoms with van der Waals surface area (Å²) in [5.74, 6) is -0.716. The van der Waals surface area contributed by atoms with Crippen LogP contribution < -0.4 is 0 Å². The molecule has 5 nitrogen and oxygen atoms in total. The molecule has 0 saturated heterocycles. The molecule has 1 aromatic heterocycles. The molecule has 0 aliphatic carbocycles. The third kappa shape index (κ3) is 3.16. The monoisotopic (exact) mass is 305 g/mol. The fraction of sp³-hybridized carbons (Fsp3) is 0.250. The van der Waals surface area contributed by atoms with E-state index >= 15 is 0 Å². The maximum Gasteiger partial charge on any atom is 0.341 e. The summed E-state index contributed by atoms with van der Waals surface area (Å²) in [6.45, 7) is 1.75. The molecule has 1 amide bonds. The maximum absolute atomic E-state index is 13.6. The number of methoxy groups -OCH3 is 1. The van der Waals surface area contributed by atoms with Crippen molar-refractivity contribution in [2.75, 3.05) is 14.2 Å². The van der Waals surface area contributed by atoms with Crippen LogP contribution in [0.4, 0.5) is 4.39 Å². The number of benzene rings is 1. The quantitative estimate of drug-likeness (QED) is 0.815. The van der Waals surface area contributed by atoms with Crippen LogP contribution in [0.25, 0.3) is 0 Å². The Hall–Kier alpha value is -2.63. The number of hydrogen-bond acceptors (Lipinski definition) is 4. The van der Waals surface area contributed by atoms with Crippen LogP contribution in [0.2, 0.25) is 0 Å². The molecule has 0 bridgehead atoms. The summed E-state index contributed by atoms with van der Waals surface area (Å²) in [5.41, 5.74) is 0.297. The number of rotatable bonds is 4. The topological polar surface area (TPSA) is 59.8 Å². The summed E-state index contributed by atoms with van der Waals surface area (Å²) < 4.78 is 23.7. The summed E-state index contributed by atoms with van der Waals surface area (Å²) in [6.07, 6.45) is 0. The van der Waals surface area contributed by atoms with Crippen LogP contribution in [0.3, 0.4) is 0 Å². The number of amides is 1. The Morgan fingerprint density at radius 2 is 1.95 bits per heavy atom.